The zero-order valence-corrected chi connectivity index (χ0v) is 29.7. The van der Waals surface area contributed by atoms with Gasteiger partial charge in [-0.15, -0.1) is 0 Å². The van der Waals surface area contributed by atoms with Crippen LogP contribution in [0, 0.1) is 17.8 Å². The second-order valence-electron chi connectivity index (χ2n) is 13.3. The average molecular weight is 707 g/mol. The summed E-state index contributed by atoms with van der Waals surface area (Å²) in [6.45, 7) is 3.52. The maximum absolute atomic E-state index is 13.6. The van der Waals surface area contributed by atoms with Gasteiger partial charge in [-0.25, -0.2) is 0 Å². The van der Waals surface area contributed by atoms with Gasteiger partial charge in [0.2, 0.25) is 17.7 Å². The first kappa shape index (κ1) is 35.6. The first-order chi connectivity index (χ1) is 24.7. The Kier molecular flexibility index (Phi) is 11.3. The van der Waals surface area contributed by atoms with Crippen LogP contribution in [0.25, 0.3) is 21.8 Å². The van der Waals surface area contributed by atoms with Gasteiger partial charge in [-0.2, -0.15) is 0 Å². The van der Waals surface area contributed by atoms with Crippen LogP contribution in [-0.2, 0) is 27.2 Å². The molecule has 10 nitrogen and oxygen atoms in total. The Morgan fingerprint density at radius 1 is 0.922 bits per heavy atom. The van der Waals surface area contributed by atoms with E-state index in [4.69, 9.17) is 11.6 Å². The topological polar surface area (TPSA) is 128 Å². The van der Waals surface area contributed by atoms with Crippen LogP contribution in [-0.4, -0.2) is 83.2 Å². The van der Waals surface area contributed by atoms with E-state index < -0.39 is 5.92 Å². The number of piperidine rings is 1. The molecule has 4 heterocycles. The highest BCUT2D eigenvalue weighted by Crippen LogP contribution is 2.37. The summed E-state index contributed by atoms with van der Waals surface area (Å²) in [5, 5.41) is 7.63. The standard InChI is InChI=1S/C31H31ClN6O4.C9H12/c1-33-28(39)13-36-30(41)25-17-37(29(40)9-19-11-35-27-10-22(32)6-7-23(19)27)14-21-15-38(16-24(21)25)31(42)20-8-18-4-2-3-5-26(18)34-12-20;1-2-6-9-7-4-3-5-8-9/h2-8,10-12,21,24-25,35H,9,13-17H2,1H3,(H,33,39)(H,36,41);3-5,7-8H,2,6H2,1H3. The first-order valence-corrected chi connectivity index (χ1v) is 17.8. The highest BCUT2D eigenvalue weighted by molar-refractivity contribution is 6.31. The van der Waals surface area contributed by atoms with Crippen molar-refractivity contribution in [2.75, 3.05) is 39.8 Å². The number of rotatable bonds is 8. The molecule has 51 heavy (non-hydrogen) atoms. The lowest BCUT2D eigenvalue weighted by Gasteiger charge is -2.39. The molecule has 11 heteroatoms. The van der Waals surface area contributed by atoms with Gasteiger partial charge >= 0.3 is 0 Å². The van der Waals surface area contributed by atoms with Crippen molar-refractivity contribution in [2.45, 2.75) is 26.2 Å². The Morgan fingerprint density at radius 3 is 2.47 bits per heavy atom. The lowest BCUT2D eigenvalue weighted by molar-refractivity contribution is -0.139. The minimum absolute atomic E-state index is 0.0856. The van der Waals surface area contributed by atoms with Gasteiger partial charge in [0.1, 0.15) is 0 Å². The summed E-state index contributed by atoms with van der Waals surface area (Å²) in [4.78, 5) is 63.5. The molecule has 7 rings (SSSR count). The Bertz CT molecular complexity index is 2030. The molecule has 2 aliphatic rings. The number of pyridine rings is 1. The van der Waals surface area contributed by atoms with E-state index in [1.165, 1.54) is 25.5 Å². The predicted molar refractivity (Wildman–Crippen MR) is 199 cm³/mol. The number of likely N-dealkylation sites (N-methyl/N-ethyl adjacent to an activating group) is 1. The number of para-hydroxylation sites is 1. The molecule has 4 amide bonds. The van der Waals surface area contributed by atoms with Gasteiger partial charge in [0.25, 0.3) is 5.91 Å². The van der Waals surface area contributed by atoms with Gasteiger partial charge in [-0.1, -0.05) is 79.5 Å². The molecule has 3 atom stereocenters. The second-order valence-corrected chi connectivity index (χ2v) is 13.7. The molecule has 264 valence electrons. The monoisotopic (exact) mass is 706 g/mol. The van der Waals surface area contributed by atoms with E-state index in [1.54, 1.807) is 22.1 Å². The predicted octanol–water partition coefficient (Wildman–Crippen LogP) is 5.26. The molecule has 0 saturated carbocycles. The van der Waals surface area contributed by atoms with Gasteiger partial charge in [0, 0.05) is 66.9 Å². The maximum atomic E-state index is 13.6. The number of aromatic nitrogens is 2. The van der Waals surface area contributed by atoms with Gasteiger partial charge in [0.15, 0.2) is 0 Å². The number of amides is 4. The highest BCUT2D eigenvalue weighted by Gasteiger charge is 2.47. The number of nitrogens with one attached hydrogen (secondary N) is 3. The van der Waals surface area contributed by atoms with Gasteiger partial charge < -0.3 is 25.4 Å². The Balaban J connectivity index is 0.000000435. The van der Waals surface area contributed by atoms with Crippen LogP contribution in [0.1, 0.15) is 34.8 Å². The number of hydrogen-bond acceptors (Lipinski definition) is 5. The zero-order chi connectivity index (χ0) is 35.9. The van der Waals surface area contributed by atoms with Crippen molar-refractivity contribution in [1.82, 2.24) is 30.4 Å². The number of H-pyrrole nitrogens is 1. The van der Waals surface area contributed by atoms with Crippen LogP contribution >= 0.6 is 11.6 Å². The molecule has 0 radical (unpaired) electrons. The quantitative estimate of drug-likeness (QED) is 0.203. The zero-order valence-electron chi connectivity index (χ0n) is 28.9. The summed E-state index contributed by atoms with van der Waals surface area (Å²) in [7, 11) is 1.51. The van der Waals surface area contributed by atoms with E-state index in [0.717, 1.165) is 27.4 Å². The van der Waals surface area contributed by atoms with Gasteiger partial charge in [-0.3, -0.25) is 24.2 Å². The molecular weight excluding hydrogens is 664 g/mol. The Labute approximate surface area is 302 Å². The fourth-order valence-corrected chi connectivity index (χ4v) is 7.37. The van der Waals surface area contributed by atoms with Gasteiger partial charge in [0.05, 0.1) is 30.0 Å². The number of halogens is 1. The number of hydrogen-bond donors (Lipinski definition) is 3. The van der Waals surface area contributed by atoms with Crippen LogP contribution in [0.2, 0.25) is 5.02 Å². The fraction of sp³-hybridized carbons (Fsp3) is 0.325. The van der Waals surface area contributed by atoms with Crippen LogP contribution < -0.4 is 10.6 Å². The largest absolute Gasteiger partial charge is 0.361 e. The van der Waals surface area contributed by atoms with Crippen molar-refractivity contribution >= 4 is 57.0 Å². The molecule has 2 saturated heterocycles. The number of likely N-dealkylation sites (tertiary alicyclic amines) is 2. The normalized spacial score (nSPS) is 18.1. The van der Waals surface area contributed by atoms with Crippen molar-refractivity contribution in [2.24, 2.45) is 17.8 Å². The summed E-state index contributed by atoms with van der Waals surface area (Å²) in [5.74, 6) is -1.65. The van der Waals surface area contributed by atoms with E-state index in [-0.39, 0.29) is 55.0 Å². The smallest absolute Gasteiger partial charge is 0.255 e. The molecule has 0 aliphatic carbocycles. The highest BCUT2D eigenvalue weighted by atomic mass is 35.5. The minimum Gasteiger partial charge on any atom is -0.361 e. The molecule has 2 aromatic heterocycles. The lowest BCUT2D eigenvalue weighted by Crippen LogP contribution is -2.54. The van der Waals surface area contributed by atoms with Crippen molar-refractivity contribution in [3.8, 4) is 0 Å². The number of benzene rings is 3. The summed E-state index contributed by atoms with van der Waals surface area (Å²) >= 11 is 6.12. The van der Waals surface area contributed by atoms with Crippen LogP contribution in [0.4, 0.5) is 0 Å². The van der Waals surface area contributed by atoms with E-state index in [2.05, 4.69) is 57.9 Å². The van der Waals surface area contributed by atoms with Crippen LogP contribution in [0.15, 0.2) is 91.3 Å². The number of fused-ring (bicyclic) bond motifs is 3. The van der Waals surface area contributed by atoms with Crippen molar-refractivity contribution in [3.63, 3.8) is 0 Å². The summed E-state index contributed by atoms with van der Waals surface area (Å²) in [6, 6.07) is 25.5. The number of aromatic amines is 1. The molecule has 2 aliphatic heterocycles. The molecule has 0 bridgehead atoms. The van der Waals surface area contributed by atoms with E-state index in [9.17, 15) is 19.2 Å². The minimum atomic E-state index is -0.563. The third-order valence-corrected chi connectivity index (χ3v) is 10.1. The maximum Gasteiger partial charge on any atom is 0.255 e. The average Bonchev–Trinajstić information content (AvgIpc) is 3.77. The summed E-state index contributed by atoms with van der Waals surface area (Å²) in [6.07, 6.45) is 6.01. The SMILES string of the molecule is CCCc1ccccc1.CNC(=O)CNC(=O)C1CN(C(=O)Cc2c[nH]c3cc(Cl)ccc23)CC2CN(C(=O)c3cnc4ccccc4c3)CC21. The van der Waals surface area contributed by atoms with E-state index in [0.29, 0.717) is 30.2 Å². The molecule has 0 spiro atoms. The number of aryl methyl sites for hydroxylation is 1. The summed E-state index contributed by atoms with van der Waals surface area (Å²) in [5.41, 5.74) is 4.44. The molecule has 2 fully saturated rings. The summed E-state index contributed by atoms with van der Waals surface area (Å²) < 4.78 is 0. The van der Waals surface area contributed by atoms with Crippen molar-refractivity contribution in [1.29, 1.82) is 0 Å². The fourth-order valence-electron chi connectivity index (χ4n) is 7.19. The van der Waals surface area contributed by atoms with Crippen molar-refractivity contribution < 1.29 is 19.2 Å². The molecular formula is C40H43ClN6O4. The third-order valence-electron chi connectivity index (χ3n) is 9.85. The van der Waals surface area contributed by atoms with Crippen LogP contribution in [0.3, 0.4) is 0 Å². The first-order valence-electron chi connectivity index (χ1n) is 17.4. The van der Waals surface area contributed by atoms with E-state index in [1.807, 2.05) is 48.7 Å². The number of carbonyl (C=O) groups is 4. The molecule has 3 aromatic carbocycles. The third kappa shape index (κ3) is 8.40. The van der Waals surface area contributed by atoms with Crippen LogP contribution in [0.5, 0.6) is 0 Å². The molecule has 3 unspecified atom stereocenters. The Hall–Kier alpha value is -5.22. The molecule has 3 N–H and O–H groups in total. The second kappa shape index (κ2) is 16.2. The Morgan fingerprint density at radius 2 is 1.69 bits per heavy atom. The number of carbonyl (C=O) groups excluding carboxylic acids is 4. The van der Waals surface area contributed by atoms with Gasteiger partial charge in [-0.05, 0) is 53.6 Å². The number of nitrogens with zero attached hydrogens (tertiary/aromatic N) is 3. The molecule has 5 aromatic rings. The van der Waals surface area contributed by atoms with Crippen molar-refractivity contribution in [3.05, 3.63) is 113 Å². The lowest BCUT2D eigenvalue weighted by atomic mass is 9.79. The van der Waals surface area contributed by atoms with E-state index >= 15 is 0 Å².